The van der Waals surface area contributed by atoms with Crippen molar-refractivity contribution in [3.63, 3.8) is 0 Å². The lowest BCUT2D eigenvalue weighted by Gasteiger charge is -2.12. The molecule has 2 aromatic rings. The van der Waals surface area contributed by atoms with E-state index in [0.717, 1.165) is 16.3 Å². The van der Waals surface area contributed by atoms with E-state index < -0.39 is 11.5 Å². The predicted octanol–water partition coefficient (Wildman–Crippen LogP) is 2.17. The van der Waals surface area contributed by atoms with Gasteiger partial charge < -0.3 is 9.67 Å². The second kappa shape index (κ2) is 5.58. The summed E-state index contributed by atoms with van der Waals surface area (Å²) < 4.78 is 1.52. The Kier molecular flexibility index (Phi) is 4.04. The molecule has 0 aliphatic heterocycles. The van der Waals surface area contributed by atoms with Crippen LogP contribution >= 0.6 is 11.3 Å². The van der Waals surface area contributed by atoms with Crippen molar-refractivity contribution < 1.29 is 9.90 Å². The van der Waals surface area contributed by atoms with Gasteiger partial charge in [-0.1, -0.05) is 0 Å². The van der Waals surface area contributed by atoms with Crippen molar-refractivity contribution in [3.05, 3.63) is 49.3 Å². The first-order chi connectivity index (χ1) is 9.41. The second-order valence-electron chi connectivity index (χ2n) is 4.72. The van der Waals surface area contributed by atoms with Crippen LogP contribution in [0.1, 0.15) is 32.2 Å². The largest absolute Gasteiger partial charge is 0.477 e. The highest BCUT2D eigenvalue weighted by atomic mass is 32.1. The van der Waals surface area contributed by atoms with E-state index in [1.165, 1.54) is 4.57 Å². The standard InChI is InChI=1S/C14H16N2O3S/c1-8-6-9(2)16(13(17)12(8)14(18)19)5-4-11-10(3)15-7-20-11/h6-7H,4-5H2,1-3H3,(H,18,19). The zero-order valence-electron chi connectivity index (χ0n) is 11.6. The average molecular weight is 292 g/mol. The monoisotopic (exact) mass is 292 g/mol. The van der Waals surface area contributed by atoms with Gasteiger partial charge in [-0.15, -0.1) is 11.3 Å². The molecule has 0 saturated carbocycles. The second-order valence-corrected chi connectivity index (χ2v) is 5.66. The predicted molar refractivity (Wildman–Crippen MR) is 77.7 cm³/mol. The molecule has 2 rings (SSSR count). The van der Waals surface area contributed by atoms with Crippen LogP contribution < -0.4 is 5.56 Å². The first-order valence-corrected chi connectivity index (χ1v) is 7.13. The van der Waals surface area contributed by atoms with Gasteiger partial charge in [0.2, 0.25) is 0 Å². The number of aromatic nitrogens is 2. The number of aromatic carboxylic acids is 1. The minimum Gasteiger partial charge on any atom is -0.477 e. The van der Waals surface area contributed by atoms with E-state index in [2.05, 4.69) is 4.98 Å². The van der Waals surface area contributed by atoms with Gasteiger partial charge in [-0.3, -0.25) is 4.79 Å². The Labute approximate surface area is 120 Å². The van der Waals surface area contributed by atoms with E-state index in [1.54, 1.807) is 29.8 Å². The van der Waals surface area contributed by atoms with Gasteiger partial charge in [-0.05, 0) is 32.4 Å². The van der Waals surface area contributed by atoms with Gasteiger partial charge in [0.05, 0.1) is 11.2 Å². The molecule has 2 heterocycles. The molecule has 0 atom stereocenters. The maximum absolute atomic E-state index is 12.3. The summed E-state index contributed by atoms with van der Waals surface area (Å²) >= 11 is 1.55. The van der Waals surface area contributed by atoms with Crippen molar-refractivity contribution in [3.8, 4) is 0 Å². The fourth-order valence-electron chi connectivity index (χ4n) is 2.24. The molecule has 20 heavy (non-hydrogen) atoms. The number of rotatable bonds is 4. The Morgan fingerprint density at radius 3 is 2.65 bits per heavy atom. The molecule has 0 radical (unpaired) electrons. The molecule has 2 aromatic heterocycles. The fourth-order valence-corrected chi connectivity index (χ4v) is 3.02. The summed E-state index contributed by atoms with van der Waals surface area (Å²) in [4.78, 5) is 28.7. The van der Waals surface area contributed by atoms with Crippen molar-refractivity contribution >= 4 is 17.3 Å². The van der Waals surface area contributed by atoms with E-state index in [0.29, 0.717) is 18.5 Å². The molecule has 0 unspecified atom stereocenters. The fraction of sp³-hybridized carbons (Fsp3) is 0.357. The van der Waals surface area contributed by atoms with Crippen molar-refractivity contribution in [2.75, 3.05) is 0 Å². The van der Waals surface area contributed by atoms with E-state index in [-0.39, 0.29) is 5.56 Å². The molecule has 0 aliphatic rings. The number of carboxylic acids is 1. The van der Waals surface area contributed by atoms with E-state index in [4.69, 9.17) is 5.11 Å². The number of aryl methyl sites for hydroxylation is 4. The third-order valence-electron chi connectivity index (χ3n) is 3.33. The van der Waals surface area contributed by atoms with Crippen LogP contribution in [0.15, 0.2) is 16.4 Å². The summed E-state index contributed by atoms with van der Waals surface area (Å²) in [6.07, 6.45) is 0.680. The highest BCUT2D eigenvalue weighted by Gasteiger charge is 2.16. The van der Waals surface area contributed by atoms with Crippen LogP contribution in [0.4, 0.5) is 0 Å². The van der Waals surface area contributed by atoms with Crippen LogP contribution in [0.5, 0.6) is 0 Å². The Hall–Kier alpha value is -1.95. The molecular formula is C14H16N2O3S. The van der Waals surface area contributed by atoms with E-state index in [9.17, 15) is 9.59 Å². The van der Waals surface area contributed by atoms with Gasteiger partial charge in [0, 0.05) is 23.5 Å². The third-order valence-corrected chi connectivity index (χ3v) is 4.32. The van der Waals surface area contributed by atoms with Gasteiger partial charge in [0.25, 0.3) is 5.56 Å². The first-order valence-electron chi connectivity index (χ1n) is 6.25. The molecule has 106 valence electrons. The number of pyridine rings is 1. The van der Waals surface area contributed by atoms with Gasteiger partial charge in [0.1, 0.15) is 5.56 Å². The van der Waals surface area contributed by atoms with Gasteiger partial charge in [-0.2, -0.15) is 0 Å². The molecule has 0 aromatic carbocycles. The van der Waals surface area contributed by atoms with Crippen LogP contribution in [-0.4, -0.2) is 20.6 Å². The SMILES string of the molecule is Cc1cc(C)n(CCc2scnc2C)c(=O)c1C(=O)O. The van der Waals surface area contributed by atoms with Crippen molar-refractivity contribution in [1.82, 2.24) is 9.55 Å². The van der Waals surface area contributed by atoms with E-state index >= 15 is 0 Å². The Morgan fingerprint density at radius 1 is 1.40 bits per heavy atom. The maximum Gasteiger partial charge on any atom is 0.341 e. The molecule has 6 heteroatoms. The summed E-state index contributed by atoms with van der Waals surface area (Å²) in [6.45, 7) is 5.86. The normalized spacial score (nSPS) is 10.8. The van der Waals surface area contributed by atoms with Crippen molar-refractivity contribution in [1.29, 1.82) is 0 Å². The summed E-state index contributed by atoms with van der Waals surface area (Å²) in [7, 11) is 0. The summed E-state index contributed by atoms with van der Waals surface area (Å²) in [5, 5.41) is 9.14. The molecule has 0 amide bonds. The van der Waals surface area contributed by atoms with Crippen LogP contribution in [-0.2, 0) is 13.0 Å². The number of hydrogen-bond acceptors (Lipinski definition) is 4. The lowest BCUT2D eigenvalue weighted by Crippen LogP contribution is -2.29. The minimum absolute atomic E-state index is 0.142. The summed E-state index contributed by atoms with van der Waals surface area (Å²) in [5.74, 6) is -1.17. The molecule has 0 aliphatic carbocycles. The zero-order valence-corrected chi connectivity index (χ0v) is 12.5. The molecule has 1 N–H and O–H groups in total. The van der Waals surface area contributed by atoms with Crippen LogP contribution in [0, 0.1) is 20.8 Å². The summed E-state index contributed by atoms with van der Waals surface area (Å²) in [6, 6.07) is 1.74. The van der Waals surface area contributed by atoms with Crippen LogP contribution in [0.2, 0.25) is 0 Å². The molecule has 0 bridgehead atoms. The number of carboxylic acid groups (broad SMARTS) is 1. The first kappa shape index (κ1) is 14.5. The minimum atomic E-state index is -1.17. The number of thiazole rings is 1. The third kappa shape index (κ3) is 2.65. The molecule has 0 spiro atoms. The highest BCUT2D eigenvalue weighted by Crippen LogP contribution is 2.14. The van der Waals surface area contributed by atoms with Crippen LogP contribution in [0.3, 0.4) is 0 Å². The lowest BCUT2D eigenvalue weighted by atomic mass is 10.1. The topological polar surface area (TPSA) is 72.2 Å². The van der Waals surface area contributed by atoms with Crippen LogP contribution in [0.25, 0.3) is 0 Å². The molecular weight excluding hydrogens is 276 g/mol. The average Bonchev–Trinajstić information content (AvgIpc) is 2.73. The smallest absolute Gasteiger partial charge is 0.341 e. The number of hydrogen-bond donors (Lipinski definition) is 1. The lowest BCUT2D eigenvalue weighted by molar-refractivity contribution is 0.0693. The summed E-state index contributed by atoms with van der Waals surface area (Å²) in [5.41, 5.74) is 3.45. The Morgan fingerprint density at radius 2 is 2.10 bits per heavy atom. The quantitative estimate of drug-likeness (QED) is 0.937. The molecule has 5 nitrogen and oxygen atoms in total. The molecule has 0 saturated heterocycles. The highest BCUT2D eigenvalue weighted by molar-refractivity contribution is 7.09. The number of nitrogens with zero attached hydrogens (tertiary/aromatic N) is 2. The Bertz CT molecular complexity index is 716. The van der Waals surface area contributed by atoms with Gasteiger partial charge >= 0.3 is 5.97 Å². The van der Waals surface area contributed by atoms with Gasteiger partial charge in [-0.25, -0.2) is 9.78 Å². The van der Waals surface area contributed by atoms with E-state index in [1.807, 2.05) is 13.8 Å². The van der Waals surface area contributed by atoms with Gasteiger partial charge in [0.15, 0.2) is 0 Å². The maximum atomic E-state index is 12.3. The Balaban J connectivity index is 2.37. The van der Waals surface area contributed by atoms with Crippen molar-refractivity contribution in [2.45, 2.75) is 33.7 Å². The number of carbonyl (C=O) groups is 1. The molecule has 0 fully saturated rings. The zero-order chi connectivity index (χ0) is 14.9. The van der Waals surface area contributed by atoms with Crippen molar-refractivity contribution in [2.24, 2.45) is 0 Å².